The van der Waals surface area contributed by atoms with Gasteiger partial charge in [-0.25, -0.2) is 0 Å². The van der Waals surface area contributed by atoms with Gasteiger partial charge >= 0.3 is 0 Å². The van der Waals surface area contributed by atoms with E-state index < -0.39 is 5.60 Å². The molecular weight excluding hydrogens is 312 g/mol. The van der Waals surface area contributed by atoms with Crippen LogP contribution in [0, 0.1) is 18.8 Å². The topological polar surface area (TPSA) is 85.0 Å². The number of amides is 1. The fourth-order valence-electron chi connectivity index (χ4n) is 4.50. The number of piperidine rings is 1. The molecule has 0 radical (unpaired) electrons. The lowest BCUT2D eigenvalue weighted by atomic mass is 9.66. The first kappa shape index (κ1) is 16.1. The molecule has 1 N–H and O–H groups in total. The van der Waals surface area contributed by atoms with Crippen LogP contribution in [0.5, 0.6) is 0 Å². The van der Waals surface area contributed by atoms with Crippen LogP contribution in [0.25, 0.3) is 0 Å². The summed E-state index contributed by atoms with van der Waals surface area (Å²) in [6.07, 6.45) is 1.59. The lowest BCUT2D eigenvalue weighted by Crippen LogP contribution is -2.69. The Labute approximate surface area is 140 Å². The Kier molecular flexibility index (Phi) is 4.10. The van der Waals surface area contributed by atoms with Gasteiger partial charge in [-0.1, -0.05) is 5.16 Å². The maximum absolute atomic E-state index is 12.9. The molecule has 132 valence electrons. The molecule has 0 bridgehead atoms. The number of hydrogen-bond acceptors (Lipinski definition) is 6. The minimum atomic E-state index is -0.789. The van der Waals surface area contributed by atoms with Crippen molar-refractivity contribution >= 4 is 5.91 Å². The zero-order chi connectivity index (χ0) is 16.7. The summed E-state index contributed by atoms with van der Waals surface area (Å²) in [5, 5.41) is 15.1. The molecule has 0 aliphatic carbocycles. The van der Waals surface area contributed by atoms with Gasteiger partial charge in [-0.15, -0.1) is 0 Å². The lowest BCUT2D eigenvalue weighted by molar-refractivity contribution is -0.219. The maximum Gasteiger partial charge on any atom is 0.230 e. The van der Waals surface area contributed by atoms with Crippen LogP contribution in [0.15, 0.2) is 10.6 Å². The standard InChI is InChI=1S/C17H24N2O5/c1-11-6-13(24-18-11)7-16(20)19-8-12-9-23-5-3-17(12,21)14-10-22-4-2-15(14)19/h6,12,14-15,21H,2-5,7-10H2,1H3/t12-,14+,15-,17-/m0/s1. The van der Waals surface area contributed by atoms with Crippen LogP contribution in [0.3, 0.4) is 0 Å². The number of ether oxygens (including phenoxy) is 2. The average Bonchev–Trinajstić information content (AvgIpc) is 2.99. The number of aliphatic hydroxyl groups is 1. The van der Waals surface area contributed by atoms with Crippen molar-refractivity contribution in [3.8, 4) is 0 Å². The fraction of sp³-hybridized carbons (Fsp3) is 0.765. The van der Waals surface area contributed by atoms with Crippen molar-refractivity contribution in [3.05, 3.63) is 17.5 Å². The van der Waals surface area contributed by atoms with Crippen molar-refractivity contribution in [2.24, 2.45) is 11.8 Å². The van der Waals surface area contributed by atoms with Gasteiger partial charge < -0.3 is 24.0 Å². The molecule has 1 amide bonds. The Morgan fingerprint density at radius 2 is 2.25 bits per heavy atom. The van der Waals surface area contributed by atoms with Gasteiger partial charge in [-0.3, -0.25) is 4.79 Å². The van der Waals surface area contributed by atoms with E-state index in [0.29, 0.717) is 45.2 Å². The molecule has 4 rings (SSSR count). The molecule has 3 aliphatic heterocycles. The molecule has 0 aromatic carbocycles. The zero-order valence-electron chi connectivity index (χ0n) is 13.9. The molecule has 7 heteroatoms. The maximum atomic E-state index is 12.9. The number of aromatic nitrogens is 1. The smallest absolute Gasteiger partial charge is 0.230 e. The van der Waals surface area contributed by atoms with Crippen molar-refractivity contribution in [2.45, 2.75) is 37.8 Å². The monoisotopic (exact) mass is 336 g/mol. The van der Waals surface area contributed by atoms with Gasteiger partial charge in [0.25, 0.3) is 0 Å². The molecule has 3 aliphatic rings. The first-order valence-corrected chi connectivity index (χ1v) is 8.67. The zero-order valence-corrected chi connectivity index (χ0v) is 13.9. The van der Waals surface area contributed by atoms with Crippen LogP contribution < -0.4 is 0 Å². The van der Waals surface area contributed by atoms with E-state index in [1.54, 1.807) is 6.07 Å². The van der Waals surface area contributed by atoms with Crippen LogP contribution in [0.1, 0.15) is 24.3 Å². The second-order valence-electron chi connectivity index (χ2n) is 7.21. The lowest BCUT2D eigenvalue weighted by Gasteiger charge is -2.57. The van der Waals surface area contributed by atoms with Crippen LogP contribution in [-0.4, -0.2) is 65.7 Å². The van der Waals surface area contributed by atoms with Crippen LogP contribution >= 0.6 is 0 Å². The number of fused-ring (bicyclic) bond motifs is 3. The molecule has 1 aromatic heterocycles. The second-order valence-corrected chi connectivity index (χ2v) is 7.21. The quantitative estimate of drug-likeness (QED) is 0.848. The van der Waals surface area contributed by atoms with E-state index >= 15 is 0 Å². The van der Waals surface area contributed by atoms with E-state index in [1.807, 2.05) is 11.8 Å². The summed E-state index contributed by atoms with van der Waals surface area (Å²) in [5.41, 5.74) is -0.0152. The summed E-state index contributed by atoms with van der Waals surface area (Å²) >= 11 is 0. The Balaban J connectivity index is 1.57. The van der Waals surface area contributed by atoms with E-state index in [9.17, 15) is 9.90 Å². The Hall–Kier alpha value is -1.44. The van der Waals surface area contributed by atoms with Crippen molar-refractivity contribution in [3.63, 3.8) is 0 Å². The second kappa shape index (κ2) is 6.13. The number of likely N-dealkylation sites (tertiary alicyclic amines) is 1. The Morgan fingerprint density at radius 3 is 3.04 bits per heavy atom. The van der Waals surface area contributed by atoms with Crippen molar-refractivity contribution in [1.82, 2.24) is 10.1 Å². The molecule has 1 aromatic rings. The number of rotatable bonds is 2. The number of carbonyl (C=O) groups excluding carboxylic acids is 1. The highest BCUT2D eigenvalue weighted by molar-refractivity contribution is 5.78. The van der Waals surface area contributed by atoms with Gasteiger partial charge in [0.1, 0.15) is 5.76 Å². The van der Waals surface area contributed by atoms with Gasteiger partial charge in [0.15, 0.2) is 0 Å². The highest BCUT2D eigenvalue weighted by Crippen LogP contribution is 2.44. The summed E-state index contributed by atoms with van der Waals surface area (Å²) in [6.45, 7) is 4.56. The van der Waals surface area contributed by atoms with Gasteiger partial charge in [-0.05, 0) is 13.3 Å². The van der Waals surface area contributed by atoms with E-state index in [4.69, 9.17) is 14.0 Å². The summed E-state index contributed by atoms with van der Waals surface area (Å²) < 4.78 is 16.4. The van der Waals surface area contributed by atoms with E-state index in [0.717, 1.165) is 12.1 Å². The first-order valence-electron chi connectivity index (χ1n) is 8.67. The summed E-state index contributed by atoms with van der Waals surface area (Å²) in [4.78, 5) is 14.8. The van der Waals surface area contributed by atoms with Gasteiger partial charge in [0.2, 0.25) is 5.91 Å². The minimum absolute atomic E-state index is 0.0228. The average molecular weight is 336 g/mol. The van der Waals surface area contributed by atoms with E-state index in [1.165, 1.54) is 0 Å². The first-order chi connectivity index (χ1) is 11.6. The third-order valence-electron chi connectivity index (χ3n) is 5.77. The number of nitrogens with zero attached hydrogens (tertiary/aromatic N) is 2. The predicted molar refractivity (Wildman–Crippen MR) is 83.2 cm³/mol. The molecule has 4 heterocycles. The van der Waals surface area contributed by atoms with E-state index in [-0.39, 0.29) is 30.2 Å². The van der Waals surface area contributed by atoms with Crippen LogP contribution in [-0.2, 0) is 20.7 Å². The SMILES string of the molecule is Cc1cc(CC(=O)N2C[C@H]3COCC[C@@]3(O)[C@@H]3COCC[C@@H]32)on1. The number of carbonyl (C=O) groups is 1. The third kappa shape index (κ3) is 2.64. The van der Waals surface area contributed by atoms with Crippen LogP contribution in [0.2, 0.25) is 0 Å². The van der Waals surface area contributed by atoms with Crippen molar-refractivity contribution in [1.29, 1.82) is 0 Å². The van der Waals surface area contributed by atoms with Gasteiger partial charge in [-0.2, -0.15) is 0 Å². The largest absolute Gasteiger partial charge is 0.389 e. The summed E-state index contributed by atoms with van der Waals surface area (Å²) in [6, 6.07) is 1.82. The predicted octanol–water partition coefficient (Wildman–Crippen LogP) is 0.540. The molecule has 0 spiro atoms. The normalized spacial score (nSPS) is 36.1. The fourth-order valence-corrected chi connectivity index (χ4v) is 4.50. The highest BCUT2D eigenvalue weighted by Gasteiger charge is 2.56. The summed E-state index contributed by atoms with van der Waals surface area (Å²) in [7, 11) is 0. The van der Waals surface area contributed by atoms with E-state index in [2.05, 4.69) is 5.16 Å². The highest BCUT2D eigenvalue weighted by atomic mass is 16.5. The van der Waals surface area contributed by atoms with Crippen molar-refractivity contribution in [2.75, 3.05) is 33.0 Å². The molecule has 4 atom stereocenters. The molecular formula is C17H24N2O5. The molecule has 24 heavy (non-hydrogen) atoms. The molecule has 0 unspecified atom stereocenters. The van der Waals surface area contributed by atoms with Crippen molar-refractivity contribution < 1.29 is 23.9 Å². The number of aryl methyl sites for hydroxylation is 1. The number of hydrogen-bond donors (Lipinski definition) is 1. The molecule has 3 saturated heterocycles. The van der Waals surface area contributed by atoms with Gasteiger partial charge in [0.05, 0.1) is 30.9 Å². The van der Waals surface area contributed by atoms with Crippen LogP contribution in [0.4, 0.5) is 0 Å². The Morgan fingerprint density at radius 1 is 1.42 bits per heavy atom. The molecule has 7 nitrogen and oxygen atoms in total. The summed E-state index contributed by atoms with van der Waals surface area (Å²) in [5.74, 6) is 0.501. The molecule has 3 fully saturated rings. The third-order valence-corrected chi connectivity index (χ3v) is 5.77. The Bertz CT molecular complexity index is 618. The van der Waals surface area contributed by atoms with Gasteiger partial charge in [0, 0.05) is 50.1 Å². The molecule has 0 saturated carbocycles. The minimum Gasteiger partial charge on any atom is -0.389 e.